The highest BCUT2D eigenvalue weighted by atomic mass is 35.5. The van der Waals surface area contributed by atoms with Crippen LogP contribution >= 0.6 is 23.2 Å². The number of amides is 1. The molecule has 1 amide bonds. The molecule has 0 fully saturated rings. The Bertz CT molecular complexity index is 1620. The summed E-state index contributed by atoms with van der Waals surface area (Å²) in [6.45, 7) is 0. The summed E-state index contributed by atoms with van der Waals surface area (Å²) in [6.07, 6.45) is 1.69. The summed E-state index contributed by atoms with van der Waals surface area (Å²) in [5.74, 6) is 2.23. The number of fused-ring (bicyclic) bond motifs is 2. The number of anilines is 1. The van der Waals surface area contributed by atoms with E-state index in [1.54, 1.807) is 44.7 Å². The van der Waals surface area contributed by atoms with E-state index in [9.17, 15) is 4.79 Å². The van der Waals surface area contributed by atoms with Gasteiger partial charge in [-0.05, 0) is 65.4 Å². The second kappa shape index (κ2) is 9.93. The van der Waals surface area contributed by atoms with Crippen LogP contribution in [0.25, 0.3) is 21.7 Å². The highest BCUT2D eigenvalue weighted by molar-refractivity contribution is 6.42. The van der Waals surface area contributed by atoms with Crippen LogP contribution in [-0.2, 0) is 0 Å². The number of ether oxygens (including phenoxy) is 3. The van der Waals surface area contributed by atoms with E-state index in [1.807, 2.05) is 48.5 Å². The third-order valence-electron chi connectivity index (χ3n) is 5.69. The molecule has 0 saturated heterocycles. The molecule has 0 radical (unpaired) electrons. The van der Waals surface area contributed by atoms with Crippen LogP contribution in [-0.4, -0.2) is 25.1 Å². The van der Waals surface area contributed by atoms with Gasteiger partial charge in [-0.2, -0.15) is 0 Å². The van der Waals surface area contributed by atoms with E-state index in [4.69, 9.17) is 37.4 Å². The van der Waals surface area contributed by atoms with Crippen LogP contribution in [0.2, 0.25) is 10.0 Å². The number of methoxy groups -OCH3 is 2. The first kappa shape index (κ1) is 23.7. The summed E-state index contributed by atoms with van der Waals surface area (Å²) in [7, 11) is 3.18. The molecule has 0 aliphatic rings. The molecule has 8 heteroatoms. The number of carbonyl (C=O) groups is 1. The normalized spacial score (nSPS) is 10.9. The van der Waals surface area contributed by atoms with Gasteiger partial charge in [0.1, 0.15) is 11.5 Å². The van der Waals surface area contributed by atoms with Crippen molar-refractivity contribution in [2.24, 2.45) is 0 Å². The maximum absolute atomic E-state index is 12.6. The van der Waals surface area contributed by atoms with Crippen LogP contribution in [0.3, 0.4) is 0 Å². The van der Waals surface area contributed by atoms with Gasteiger partial charge >= 0.3 is 0 Å². The summed E-state index contributed by atoms with van der Waals surface area (Å²) in [4.78, 5) is 17.0. The van der Waals surface area contributed by atoms with Crippen molar-refractivity contribution in [3.05, 3.63) is 94.6 Å². The van der Waals surface area contributed by atoms with E-state index in [-0.39, 0.29) is 5.91 Å². The number of aromatic nitrogens is 1. The Morgan fingerprint density at radius 2 is 1.53 bits per heavy atom. The van der Waals surface area contributed by atoms with Crippen molar-refractivity contribution in [2.45, 2.75) is 0 Å². The molecule has 5 rings (SSSR count). The fraction of sp³-hybridized carbons (Fsp3) is 0.0714. The van der Waals surface area contributed by atoms with Gasteiger partial charge < -0.3 is 19.5 Å². The summed E-state index contributed by atoms with van der Waals surface area (Å²) < 4.78 is 17.0. The molecule has 36 heavy (non-hydrogen) atoms. The number of nitrogens with zero attached hydrogens (tertiary/aromatic N) is 1. The molecule has 0 atom stereocenters. The van der Waals surface area contributed by atoms with Crippen LogP contribution in [0.1, 0.15) is 10.4 Å². The molecule has 0 aliphatic heterocycles. The molecule has 180 valence electrons. The first-order valence-electron chi connectivity index (χ1n) is 10.9. The minimum Gasteiger partial charge on any atom is -0.493 e. The molecule has 1 aromatic heterocycles. The number of pyridine rings is 1. The van der Waals surface area contributed by atoms with Crippen molar-refractivity contribution in [1.29, 1.82) is 0 Å². The Kier molecular flexibility index (Phi) is 6.55. The summed E-state index contributed by atoms with van der Waals surface area (Å²) in [6, 6.07) is 21.6. The highest BCUT2D eigenvalue weighted by Crippen LogP contribution is 2.37. The topological polar surface area (TPSA) is 69.7 Å². The van der Waals surface area contributed by atoms with E-state index in [2.05, 4.69) is 10.3 Å². The average molecular weight is 519 g/mol. The molecule has 0 aliphatic carbocycles. The highest BCUT2D eigenvalue weighted by Gasteiger charge is 2.12. The quantitative estimate of drug-likeness (QED) is 0.248. The molecule has 0 unspecified atom stereocenters. The minimum atomic E-state index is -0.274. The number of hydrogen-bond donors (Lipinski definition) is 1. The standard InChI is InChI=1S/C28H20Cl2N2O4/c1-34-26-14-21-24(15-27(26)35-2)31-10-9-25(21)36-20-7-4-16-11-19(6-3-17(16)12-20)32-28(33)18-5-8-22(29)23(30)13-18/h3-15H,1-2H3,(H,32,33). The maximum Gasteiger partial charge on any atom is 0.255 e. The SMILES string of the molecule is COc1cc2nccc(Oc3ccc4cc(NC(=O)c5ccc(Cl)c(Cl)c5)ccc4c3)c2cc1OC. The number of rotatable bonds is 6. The van der Waals surface area contributed by atoms with E-state index >= 15 is 0 Å². The van der Waals surface area contributed by atoms with Gasteiger partial charge in [-0.15, -0.1) is 0 Å². The van der Waals surface area contributed by atoms with Crippen molar-refractivity contribution in [1.82, 2.24) is 4.98 Å². The molecule has 0 bridgehead atoms. The largest absolute Gasteiger partial charge is 0.493 e. The Labute approximate surface area is 217 Å². The molecular weight excluding hydrogens is 499 g/mol. The van der Waals surface area contributed by atoms with Gasteiger partial charge in [0.2, 0.25) is 0 Å². The van der Waals surface area contributed by atoms with E-state index in [0.29, 0.717) is 44.3 Å². The smallest absolute Gasteiger partial charge is 0.255 e. The van der Waals surface area contributed by atoms with E-state index in [1.165, 1.54) is 0 Å². The first-order valence-corrected chi connectivity index (χ1v) is 11.7. The predicted molar refractivity (Wildman–Crippen MR) is 143 cm³/mol. The van der Waals surface area contributed by atoms with Crippen LogP contribution in [0.15, 0.2) is 79.0 Å². The Balaban J connectivity index is 1.39. The molecule has 4 aromatic carbocycles. The fourth-order valence-corrected chi connectivity index (χ4v) is 4.17. The van der Waals surface area contributed by atoms with Gasteiger partial charge in [-0.3, -0.25) is 9.78 Å². The molecule has 6 nitrogen and oxygen atoms in total. The van der Waals surface area contributed by atoms with Crippen molar-refractivity contribution < 1.29 is 19.0 Å². The van der Waals surface area contributed by atoms with Gasteiger partial charge in [-0.1, -0.05) is 35.3 Å². The zero-order valence-electron chi connectivity index (χ0n) is 19.3. The van der Waals surface area contributed by atoms with Gasteiger partial charge in [0.25, 0.3) is 5.91 Å². The molecule has 1 heterocycles. The molecular formula is C28H20Cl2N2O4. The number of nitrogens with one attached hydrogen (secondary N) is 1. The lowest BCUT2D eigenvalue weighted by Crippen LogP contribution is -2.11. The number of halogens is 2. The lowest BCUT2D eigenvalue weighted by Gasteiger charge is -2.13. The Hall–Kier alpha value is -4.00. The maximum atomic E-state index is 12.6. The summed E-state index contributed by atoms with van der Waals surface area (Å²) >= 11 is 12.0. The van der Waals surface area contributed by atoms with E-state index < -0.39 is 0 Å². The first-order chi connectivity index (χ1) is 17.4. The zero-order chi connectivity index (χ0) is 25.2. The third kappa shape index (κ3) is 4.73. The summed E-state index contributed by atoms with van der Waals surface area (Å²) in [5.41, 5.74) is 1.81. The van der Waals surface area contributed by atoms with Gasteiger partial charge in [0.15, 0.2) is 11.5 Å². The van der Waals surface area contributed by atoms with Crippen molar-refractivity contribution in [3.8, 4) is 23.0 Å². The Morgan fingerprint density at radius 3 is 2.31 bits per heavy atom. The Morgan fingerprint density at radius 1 is 0.778 bits per heavy atom. The van der Waals surface area contributed by atoms with Crippen LogP contribution in [0.4, 0.5) is 5.69 Å². The third-order valence-corrected chi connectivity index (χ3v) is 6.43. The molecule has 1 N–H and O–H groups in total. The number of carbonyl (C=O) groups excluding carboxylic acids is 1. The van der Waals surface area contributed by atoms with E-state index in [0.717, 1.165) is 21.7 Å². The second-order valence-corrected chi connectivity index (χ2v) is 8.76. The fourth-order valence-electron chi connectivity index (χ4n) is 3.87. The van der Waals surface area contributed by atoms with Crippen molar-refractivity contribution in [3.63, 3.8) is 0 Å². The molecule has 0 spiro atoms. The minimum absolute atomic E-state index is 0.274. The molecule has 0 saturated carbocycles. The van der Waals surface area contributed by atoms with Crippen LogP contribution in [0, 0.1) is 0 Å². The van der Waals surface area contributed by atoms with Crippen molar-refractivity contribution >= 4 is 56.5 Å². The van der Waals surface area contributed by atoms with Crippen molar-refractivity contribution in [2.75, 3.05) is 19.5 Å². The monoisotopic (exact) mass is 518 g/mol. The second-order valence-electron chi connectivity index (χ2n) is 7.94. The lowest BCUT2D eigenvalue weighted by molar-refractivity contribution is 0.102. The lowest BCUT2D eigenvalue weighted by atomic mass is 10.1. The number of benzene rings is 4. The van der Waals surface area contributed by atoms with Gasteiger partial charge in [0.05, 0.1) is 29.8 Å². The zero-order valence-corrected chi connectivity index (χ0v) is 20.9. The predicted octanol–water partition coefficient (Wildman–Crippen LogP) is 7.76. The average Bonchev–Trinajstić information content (AvgIpc) is 2.89. The molecule has 5 aromatic rings. The van der Waals surface area contributed by atoms with Crippen LogP contribution in [0.5, 0.6) is 23.0 Å². The van der Waals surface area contributed by atoms with Gasteiger partial charge in [-0.25, -0.2) is 0 Å². The number of hydrogen-bond acceptors (Lipinski definition) is 5. The van der Waals surface area contributed by atoms with Gasteiger partial charge in [0, 0.05) is 28.9 Å². The summed E-state index contributed by atoms with van der Waals surface area (Å²) in [5, 5.41) is 6.32. The van der Waals surface area contributed by atoms with Crippen LogP contribution < -0.4 is 19.5 Å².